The monoisotopic (exact) mass is 322 g/mol. The number of hydrogen-bond donors (Lipinski definition) is 2. The molecule has 0 radical (unpaired) electrons. The summed E-state index contributed by atoms with van der Waals surface area (Å²) in [6.45, 7) is 3.55. The number of halogens is 1. The molecule has 0 bridgehead atoms. The molecule has 1 rings (SSSR count). The van der Waals surface area contributed by atoms with Crippen molar-refractivity contribution in [3.05, 3.63) is 46.5 Å². The first-order valence-electron chi connectivity index (χ1n) is 5.31. The van der Waals surface area contributed by atoms with Crippen molar-refractivity contribution in [1.29, 1.82) is 5.26 Å². The van der Waals surface area contributed by atoms with E-state index in [-0.39, 0.29) is 6.42 Å². The number of nitrogens with zero attached hydrogens (tertiary/aromatic N) is 1. The van der Waals surface area contributed by atoms with E-state index in [4.69, 9.17) is 10.4 Å². The fraction of sp³-hybridized carbons (Fsp3) is 0.154. The van der Waals surface area contributed by atoms with Crippen molar-refractivity contribution in [2.75, 3.05) is 0 Å². The van der Waals surface area contributed by atoms with Crippen molar-refractivity contribution >= 4 is 27.8 Å². The van der Waals surface area contributed by atoms with E-state index in [1.54, 1.807) is 0 Å². The second-order valence-electron chi connectivity index (χ2n) is 3.77. The predicted octanol–water partition coefficient (Wildman–Crippen LogP) is 2.04. The van der Waals surface area contributed by atoms with Gasteiger partial charge < -0.3 is 10.4 Å². The molecule has 6 heteroatoms. The Kier molecular flexibility index (Phi) is 5.27. The number of hydrogen-bond acceptors (Lipinski definition) is 3. The molecule has 0 heterocycles. The van der Waals surface area contributed by atoms with Gasteiger partial charge in [0.05, 0.1) is 11.6 Å². The van der Waals surface area contributed by atoms with Crippen LogP contribution in [0.15, 0.2) is 35.3 Å². The van der Waals surface area contributed by atoms with Crippen molar-refractivity contribution in [2.24, 2.45) is 0 Å². The number of carbonyl (C=O) groups excluding carboxylic acids is 1. The lowest BCUT2D eigenvalue weighted by Crippen LogP contribution is -2.40. The molecule has 1 aromatic carbocycles. The van der Waals surface area contributed by atoms with E-state index in [9.17, 15) is 9.59 Å². The van der Waals surface area contributed by atoms with Crippen LogP contribution in [-0.2, 0) is 4.79 Å². The summed E-state index contributed by atoms with van der Waals surface area (Å²) in [6.07, 6.45) is 0.0946. The fourth-order valence-corrected chi connectivity index (χ4v) is 1.68. The summed E-state index contributed by atoms with van der Waals surface area (Å²) < 4.78 is 0.486. The molecule has 5 nitrogen and oxygen atoms in total. The zero-order valence-electron chi connectivity index (χ0n) is 9.89. The van der Waals surface area contributed by atoms with Crippen LogP contribution in [0.1, 0.15) is 22.3 Å². The van der Waals surface area contributed by atoms with Crippen LogP contribution >= 0.6 is 15.9 Å². The van der Waals surface area contributed by atoms with Gasteiger partial charge in [-0.2, -0.15) is 5.26 Å². The van der Waals surface area contributed by atoms with Crippen molar-refractivity contribution in [2.45, 2.75) is 12.5 Å². The first-order valence-corrected chi connectivity index (χ1v) is 6.10. The summed E-state index contributed by atoms with van der Waals surface area (Å²) in [7, 11) is 0. The second-order valence-corrected chi connectivity index (χ2v) is 4.90. The number of aliphatic carboxylic acids is 1. The lowest BCUT2D eigenvalue weighted by molar-refractivity contribution is -0.139. The quantitative estimate of drug-likeness (QED) is 0.867. The molecule has 0 saturated carbocycles. The highest BCUT2D eigenvalue weighted by molar-refractivity contribution is 9.11. The molecule has 1 aromatic rings. The number of nitriles is 1. The van der Waals surface area contributed by atoms with E-state index in [1.165, 1.54) is 24.3 Å². The normalized spacial score (nSPS) is 11.2. The minimum absolute atomic E-state index is 0.0946. The van der Waals surface area contributed by atoms with Gasteiger partial charge in [-0.05, 0) is 28.7 Å². The number of amides is 1. The first-order chi connectivity index (χ1) is 8.93. The average Bonchev–Trinajstić information content (AvgIpc) is 2.37. The fourth-order valence-electron chi connectivity index (χ4n) is 1.36. The van der Waals surface area contributed by atoms with E-state index < -0.39 is 17.9 Å². The lowest BCUT2D eigenvalue weighted by Gasteiger charge is -2.13. The molecule has 98 valence electrons. The first kappa shape index (κ1) is 14.9. The van der Waals surface area contributed by atoms with Crippen LogP contribution < -0.4 is 5.32 Å². The minimum Gasteiger partial charge on any atom is -0.480 e. The predicted molar refractivity (Wildman–Crippen MR) is 72.7 cm³/mol. The largest absolute Gasteiger partial charge is 0.480 e. The summed E-state index contributed by atoms with van der Waals surface area (Å²) in [5.41, 5.74) is 0.727. The molecular weight excluding hydrogens is 312 g/mol. The van der Waals surface area contributed by atoms with Crippen LogP contribution in [0.2, 0.25) is 0 Å². The molecular formula is C13H11BrN2O3. The van der Waals surface area contributed by atoms with Gasteiger partial charge >= 0.3 is 5.97 Å². The molecule has 0 aliphatic carbocycles. The van der Waals surface area contributed by atoms with E-state index in [0.717, 1.165) is 0 Å². The van der Waals surface area contributed by atoms with Gasteiger partial charge in [0.1, 0.15) is 6.04 Å². The standard InChI is InChI=1S/C13H11BrN2O3/c1-8(14)6-11(13(18)19)16-12(17)10-4-2-9(7-15)3-5-10/h2-5,11H,1,6H2,(H,16,17)(H,18,19)/t11-/m0/s1. The molecule has 0 aliphatic rings. The SMILES string of the molecule is C=C(Br)C[C@H](NC(=O)c1ccc(C#N)cc1)C(=O)O. The number of carboxylic acids is 1. The van der Waals surface area contributed by atoms with Gasteiger partial charge in [-0.15, -0.1) is 0 Å². The molecule has 0 fully saturated rings. The third-order valence-electron chi connectivity index (χ3n) is 2.31. The Morgan fingerprint density at radius 3 is 2.42 bits per heavy atom. The molecule has 0 saturated heterocycles. The maximum atomic E-state index is 11.8. The van der Waals surface area contributed by atoms with Crippen molar-refractivity contribution in [1.82, 2.24) is 5.32 Å². The van der Waals surface area contributed by atoms with E-state index in [1.807, 2.05) is 6.07 Å². The van der Waals surface area contributed by atoms with E-state index in [0.29, 0.717) is 15.6 Å². The number of nitrogens with one attached hydrogen (secondary N) is 1. The molecule has 0 aliphatic heterocycles. The maximum Gasteiger partial charge on any atom is 0.326 e. The zero-order valence-corrected chi connectivity index (χ0v) is 11.5. The molecule has 0 aromatic heterocycles. The summed E-state index contributed by atoms with van der Waals surface area (Å²) in [5, 5.41) is 20.0. The molecule has 0 spiro atoms. The summed E-state index contributed by atoms with van der Waals surface area (Å²) in [5.74, 6) is -1.65. The van der Waals surface area contributed by atoms with Crippen molar-refractivity contribution in [3.63, 3.8) is 0 Å². The third kappa shape index (κ3) is 4.56. The maximum absolute atomic E-state index is 11.8. The van der Waals surface area contributed by atoms with Crippen LogP contribution in [-0.4, -0.2) is 23.0 Å². The number of benzene rings is 1. The zero-order chi connectivity index (χ0) is 14.4. The van der Waals surface area contributed by atoms with Gasteiger partial charge in [-0.3, -0.25) is 4.79 Å². The highest BCUT2D eigenvalue weighted by atomic mass is 79.9. The van der Waals surface area contributed by atoms with E-state index >= 15 is 0 Å². The molecule has 1 amide bonds. The molecule has 19 heavy (non-hydrogen) atoms. The molecule has 2 N–H and O–H groups in total. The number of carboxylic acid groups (broad SMARTS) is 1. The van der Waals surface area contributed by atoms with Gasteiger partial charge in [0, 0.05) is 12.0 Å². The Morgan fingerprint density at radius 2 is 2.00 bits per heavy atom. The Morgan fingerprint density at radius 1 is 1.42 bits per heavy atom. The van der Waals surface area contributed by atoms with Gasteiger partial charge in [0.25, 0.3) is 5.91 Å². The Balaban J connectivity index is 2.78. The van der Waals surface area contributed by atoms with Gasteiger partial charge in [0.2, 0.25) is 0 Å². The smallest absolute Gasteiger partial charge is 0.326 e. The van der Waals surface area contributed by atoms with Gasteiger partial charge in [0.15, 0.2) is 0 Å². The van der Waals surface area contributed by atoms with E-state index in [2.05, 4.69) is 27.8 Å². The highest BCUT2D eigenvalue weighted by Gasteiger charge is 2.20. The van der Waals surface area contributed by atoms with Crippen molar-refractivity contribution < 1.29 is 14.7 Å². The van der Waals surface area contributed by atoms with Crippen LogP contribution in [0.3, 0.4) is 0 Å². The third-order valence-corrected chi connectivity index (χ3v) is 2.63. The number of rotatable bonds is 5. The summed E-state index contributed by atoms with van der Waals surface area (Å²) >= 11 is 3.06. The highest BCUT2D eigenvalue weighted by Crippen LogP contribution is 2.11. The second kappa shape index (κ2) is 6.71. The summed E-state index contributed by atoms with van der Waals surface area (Å²) in [6, 6.07) is 6.81. The van der Waals surface area contributed by atoms with Gasteiger partial charge in [-0.25, -0.2) is 4.79 Å². The van der Waals surface area contributed by atoms with Crippen LogP contribution in [0.4, 0.5) is 0 Å². The molecule has 1 atom stereocenters. The van der Waals surface area contributed by atoms with Gasteiger partial charge in [-0.1, -0.05) is 22.5 Å². The Labute approximate surface area is 118 Å². The average molecular weight is 323 g/mol. The van der Waals surface area contributed by atoms with Crippen molar-refractivity contribution in [3.8, 4) is 6.07 Å². The van der Waals surface area contributed by atoms with Crippen LogP contribution in [0.25, 0.3) is 0 Å². The van der Waals surface area contributed by atoms with Crippen LogP contribution in [0.5, 0.6) is 0 Å². The Bertz CT molecular complexity index is 546. The number of carbonyl (C=O) groups is 2. The lowest BCUT2D eigenvalue weighted by atomic mass is 10.1. The topological polar surface area (TPSA) is 90.2 Å². The minimum atomic E-state index is -1.14. The Hall–Kier alpha value is -2.13. The van der Waals surface area contributed by atoms with Crippen LogP contribution in [0, 0.1) is 11.3 Å². The summed E-state index contributed by atoms with van der Waals surface area (Å²) in [4.78, 5) is 22.8. The molecule has 0 unspecified atom stereocenters.